The van der Waals surface area contributed by atoms with Crippen molar-refractivity contribution >= 4 is 25.8 Å². The highest BCUT2D eigenvalue weighted by Crippen LogP contribution is 2.70. The van der Waals surface area contributed by atoms with Gasteiger partial charge in [-0.05, 0) is 94.3 Å². The molecule has 12 atom stereocenters. The molecule has 2 saturated heterocycles. The molecule has 6 nitrogen and oxygen atoms in total. The molecule has 0 spiro atoms. The number of hydrogen-bond acceptors (Lipinski definition) is 6. The van der Waals surface area contributed by atoms with E-state index in [1.54, 1.807) is 0 Å². The third-order valence-corrected chi connectivity index (χ3v) is 18.8. The van der Waals surface area contributed by atoms with Crippen molar-refractivity contribution in [1.29, 1.82) is 0 Å². The van der Waals surface area contributed by atoms with Crippen molar-refractivity contribution < 1.29 is 27.8 Å². The van der Waals surface area contributed by atoms with Crippen LogP contribution in [0.15, 0.2) is 0 Å². The Morgan fingerprint density at radius 3 is 1.27 bits per heavy atom. The monoisotopic (exact) mass is 592 g/mol. The minimum atomic E-state index is -3.49. The molecule has 0 aromatic carbocycles. The minimum Gasteiger partial charge on any atom is -0.319 e. The molecule has 0 radical (unpaired) electrons. The average molecular weight is 593 g/mol. The molecule has 224 valence electrons. The Morgan fingerprint density at radius 1 is 0.450 bits per heavy atom. The van der Waals surface area contributed by atoms with Gasteiger partial charge in [0.2, 0.25) is 11.0 Å². The predicted octanol–water partition coefficient (Wildman–Crippen LogP) is 8.70. The van der Waals surface area contributed by atoms with Crippen LogP contribution in [-0.2, 0) is 27.8 Å². The molecule has 7 fully saturated rings. The number of fused-ring (bicyclic) bond motifs is 6. The van der Waals surface area contributed by atoms with Gasteiger partial charge in [-0.3, -0.25) is 18.7 Å². The maximum atomic E-state index is 14.7. The van der Waals surface area contributed by atoms with Crippen LogP contribution in [-0.4, -0.2) is 34.6 Å². The van der Waals surface area contributed by atoms with E-state index in [-0.39, 0.29) is 34.6 Å². The molecule has 12 unspecified atom stereocenters. The van der Waals surface area contributed by atoms with E-state index in [1.807, 2.05) is 0 Å². The SMILES string of the molecule is O=C(C1CCCC(C(=O)P2(=O)OC3CCCCC3C3CCCCC32)C1)P1(=O)OC2CCCCC2C2CCCCC21. The van der Waals surface area contributed by atoms with Gasteiger partial charge in [-0.15, -0.1) is 0 Å². The molecule has 7 rings (SSSR count). The van der Waals surface area contributed by atoms with E-state index in [2.05, 4.69) is 0 Å². The molecule has 0 aromatic rings. The molecule has 0 N–H and O–H groups in total. The van der Waals surface area contributed by atoms with Crippen LogP contribution in [0.1, 0.15) is 128 Å². The summed E-state index contributed by atoms with van der Waals surface area (Å²) in [4.78, 5) is 28.5. The molecule has 2 aliphatic heterocycles. The van der Waals surface area contributed by atoms with Gasteiger partial charge in [-0.2, -0.15) is 0 Å². The van der Waals surface area contributed by atoms with Crippen molar-refractivity contribution in [2.45, 2.75) is 152 Å². The minimum absolute atomic E-state index is 0.0398. The van der Waals surface area contributed by atoms with Gasteiger partial charge < -0.3 is 9.05 Å². The first-order valence-corrected chi connectivity index (χ1v) is 20.4. The Kier molecular flexibility index (Phi) is 8.07. The Hall–Kier alpha value is -0.280. The highest BCUT2D eigenvalue weighted by Gasteiger charge is 2.60. The molecule has 0 bridgehead atoms. The molecular weight excluding hydrogens is 542 g/mol. The highest BCUT2D eigenvalue weighted by molar-refractivity contribution is 7.77. The van der Waals surface area contributed by atoms with Crippen LogP contribution in [0.3, 0.4) is 0 Å². The molecule has 5 aliphatic carbocycles. The average Bonchev–Trinajstić information content (AvgIpc) is 3.01. The summed E-state index contributed by atoms with van der Waals surface area (Å²) in [6.45, 7) is 0. The van der Waals surface area contributed by atoms with Crippen LogP contribution in [0.4, 0.5) is 0 Å². The van der Waals surface area contributed by atoms with Crippen LogP contribution >= 0.6 is 14.7 Å². The van der Waals surface area contributed by atoms with Gasteiger partial charge in [-0.25, -0.2) is 0 Å². The topological polar surface area (TPSA) is 86.7 Å². The molecule has 0 aromatic heterocycles. The van der Waals surface area contributed by atoms with E-state index >= 15 is 0 Å². The summed E-state index contributed by atoms with van der Waals surface area (Å²) in [7, 11) is -6.99. The van der Waals surface area contributed by atoms with Crippen LogP contribution in [0, 0.1) is 35.5 Å². The molecule has 2 heterocycles. The lowest BCUT2D eigenvalue weighted by Crippen LogP contribution is -2.48. The maximum absolute atomic E-state index is 14.7. The zero-order valence-corrected chi connectivity index (χ0v) is 26.0. The first-order chi connectivity index (χ1) is 19.4. The Morgan fingerprint density at radius 2 is 0.825 bits per heavy atom. The summed E-state index contributed by atoms with van der Waals surface area (Å²) in [6, 6.07) is 0. The first-order valence-electron chi connectivity index (χ1n) is 17.0. The molecular formula is C32H50O6P2. The molecule has 8 heteroatoms. The summed E-state index contributed by atoms with van der Waals surface area (Å²) in [5.74, 6) is 0.767. The van der Waals surface area contributed by atoms with Crippen LogP contribution in [0.25, 0.3) is 0 Å². The van der Waals surface area contributed by atoms with Crippen LogP contribution in [0.5, 0.6) is 0 Å². The van der Waals surface area contributed by atoms with Crippen molar-refractivity contribution in [3.8, 4) is 0 Å². The maximum Gasteiger partial charge on any atom is 0.270 e. The van der Waals surface area contributed by atoms with Gasteiger partial charge in [0.1, 0.15) is 0 Å². The smallest absolute Gasteiger partial charge is 0.270 e. The zero-order chi connectivity index (χ0) is 27.5. The van der Waals surface area contributed by atoms with E-state index in [0.717, 1.165) is 96.3 Å². The van der Waals surface area contributed by atoms with E-state index in [4.69, 9.17) is 9.05 Å². The summed E-state index contributed by atoms with van der Waals surface area (Å²) in [6.07, 6.45) is 19.3. The third kappa shape index (κ3) is 4.73. The van der Waals surface area contributed by atoms with Crippen molar-refractivity contribution in [2.75, 3.05) is 0 Å². The number of rotatable bonds is 4. The fourth-order valence-electron chi connectivity index (χ4n) is 10.8. The van der Waals surface area contributed by atoms with E-state index < -0.39 is 26.6 Å². The normalized spacial score (nSPS) is 50.9. The number of carbonyl (C=O) groups is 2. The Labute approximate surface area is 240 Å². The summed E-state index contributed by atoms with van der Waals surface area (Å²) < 4.78 is 42.3. The summed E-state index contributed by atoms with van der Waals surface area (Å²) in [5, 5.41) is 0. The van der Waals surface area contributed by atoms with Crippen molar-refractivity contribution in [3.05, 3.63) is 0 Å². The first kappa shape index (κ1) is 28.5. The second-order valence-electron chi connectivity index (χ2n) is 14.6. The van der Waals surface area contributed by atoms with Crippen LogP contribution < -0.4 is 0 Å². The Bertz CT molecular complexity index is 1010. The highest BCUT2D eigenvalue weighted by atomic mass is 31.2. The van der Waals surface area contributed by atoms with Gasteiger partial charge in [0.15, 0.2) is 0 Å². The van der Waals surface area contributed by atoms with Crippen molar-refractivity contribution in [1.82, 2.24) is 0 Å². The van der Waals surface area contributed by atoms with E-state index in [1.165, 1.54) is 12.8 Å². The zero-order valence-electron chi connectivity index (χ0n) is 24.3. The largest absolute Gasteiger partial charge is 0.319 e. The standard InChI is InChI=1S/C32H50O6P2/c33-31(39(35)29-18-7-3-14-25(29)23-12-1-5-16-27(23)37-39)21-10-9-11-22(20-21)32(34)40(36)30-19-8-4-15-26(30)24-13-2-6-17-28(24)38-40/h21-30H,1-20H2. The molecule has 5 saturated carbocycles. The van der Waals surface area contributed by atoms with Crippen molar-refractivity contribution in [3.63, 3.8) is 0 Å². The van der Waals surface area contributed by atoms with Crippen LogP contribution in [0.2, 0.25) is 0 Å². The fourth-order valence-corrected chi connectivity index (χ4v) is 17.5. The second kappa shape index (κ2) is 11.3. The van der Waals surface area contributed by atoms with Gasteiger partial charge in [0.25, 0.3) is 14.7 Å². The van der Waals surface area contributed by atoms with E-state index in [9.17, 15) is 18.7 Å². The lowest BCUT2D eigenvalue weighted by atomic mass is 9.71. The fraction of sp³-hybridized carbons (Fsp3) is 0.938. The van der Waals surface area contributed by atoms with Gasteiger partial charge >= 0.3 is 0 Å². The number of hydrogen-bond donors (Lipinski definition) is 0. The Balaban J connectivity index is 1.11. The molecule has 7 aliphatic rings. The lowest BCUT2D eigenvalue weighted by molar-refractivity contribution is -0.122. The van der Waals surface area contributed by atoms with Crippen molar-refractivity contribution in [2.24, 2.45) is 35.5 Å². The number of carbonyl (C=O) groups excluding carboxylic acids is 2. The molecule has 0 amide bonds. The third-order valence-electron chi connectivity index (χ3n) is 12.6. The lowest BCUT2D eigenvalue weighted by Gasteiger charge is -2.51. The quantitative estimate of drug-likeness (QED) is 0.304. The second-order valence-corrected chi connectivity index (χ2v) is 19.7. The summed E-state index contributed by atoms with van der Waals surface area (Å²) in [5.41, 5.74) is -0.626. The van der Waals surface area contributed by atoms with Gasteiger partial charge in [0, 0.05) is 23.2 Å². The summed E-state index contributed by atoms with van der Waals surface area (Å²) >= 11 is 0. The molecule has 40 heavy (non-hydrogen) atoms. The van der Waals surface area contributed by atoms with Gasteiger partial charge in [0.05, 0.1) is 12.2 Å². The predicted molar refractivity (Wildman–Crippen MR) is 156 cm³/mol. The van der Waals surface area contributed by atoms with E-state index in [0.29, 0.717) is 42.9 Å². The van der Waals surface area contributed by atoms with Gasteiger partial charge in [-0.1, -0.05) is 57.8 Å².